The Kier molecular flexibility index (Phi) is 5.73. The molecule has 1 atom stereocenters. The molecule has 0 bridgehead atoms. The van der Waals surface area contributed by atoms with E-state index in [1.807, 2.05) is 24.3 Å². The number of benzene rings is 1. The maximum absolute atomic E-state index is 12.2. The molecule has 3 N–H and O–H groups in total. The highest BCUT2D eigenvalue weighted by atomic mass is 16.2. The van der Waals surface area contributed by atoms with Crippen LogP contribution in [0.1, 0.15) is 18.9 Å². The van der Waals surface area contributed by atoms with E-state index >= 15 is 0 Å². The lowest BCUT2D eigenvalue weighted by Gasteiger charge is -2.38. The van der Waals surface area contributed by atoms with Crippen LogP contribution in [0.25, 0.3) is 0 Å². The predicted molar refractivity (Wildman–Crippen MR) is 86.1 cm³/mol. The molecule has 1 heterocycles. The fourth-order valence-electron chi connectivity index (χ4n) is 2.81. The highest BCUT2D eigenvalue weighted by Crippen LogP contribution is 2.15. The predicted octanol–water partition coefficient (Wildman–Crippen LogP) is 1.11. The lowest BCUT2D eigenvalue weighted by molar-refractivity contribution is -0.118. The summed E-state index contributed by atoms with van der Waals surface area (Å²) in [4.78, 5) is 16.8. The second-order valence-corrected chi connectivity index (χ2v) is 5.69. The molecule has 1 aliphatic heterocycles. The zero-order valence-corrected chi connectivity index (χ0v) is 13.0. The van der Waals surface area contributed by atoms with Gasteiger partial charge in [0.15, 0.2) is 0 Å². The summed E-state index contributed by atoms with van der Waals surface area (Å²) in [6, 6.07) is 8.24. The highest BCUT2D eigenvalue weighted by Gasteiger charge is 2.24. The number of nitrogens with zero attached hydrogens (tertiary/aromatic N) is 2. The Hall–Kier alpha value is -1.43. The van der Waals surface area contributed by atoms with Gasteiger partial charge in [-0.25, -0.2) is 0 Å². The van der Waals surface area contributed by atoms with Gasteiger partial charge in [-0.15, -0.1) is 0 Å². The van der Waals surface area contributed by atoms with Crippen molar-refractivity contribution >= 4 is 11.6 Å². The van der Waals surface area contributed by atoms with Gasteiger partial charge in [0.05, 0.1) is 6.54 Å². The lowest BCUT2D eigenvalue weighted by Crippen LogP contribution is -2.52. The summed E-state index contributed by atoms with van der Waals surface area (Å²) in [5.41, 5.74) is 7.49. The molecule has 1 saturated heterocycles. The third kappa shape index (κ3) is 4.27. The second kappa shape index (κ2) is 7.54. The standard InChI is InChI=1S/C16H26N4O/c1-3-14-11-20(9-8-19(14)2)12-16(21)18-15-7-5-4-6-13(15)10-17/h4-7,14H,3,8-12,17H2,1-2H3,(H,18,21). The van der Waals surface area contributed by atoms with Gasteiger partial charge in [0, 0.05) is 37.9 Å². The molecule has 0 radical (unpaired) electrons. The first-order chi connectivity index (χ1) is 10.1. The van der Waals surface area contributed by atoms with Gasteiger partial charge in [-0.1, -0.05) is 25.1 Å². The molecule has 2 rings (SSSR count). The molecular formula is C16H26N4O. The van der Waals surface area contributed by atoms with Crippen LogP contribution in [0.5, 0.6) is 0 Å². The number of likely N-dealkylation sites (N-methyl/N-ethyl adjacent to an activating group) is 1. The van der Waals surface area contributed by atoms with E-state index in [1.165, 1.54) is 0 Å². The minimum absolute atomic E-state index is 0.0373. The van der Waals surface area contributed by atoms with Crippen molar-refractivity contribution in [3.8, 4) is 0 Å². The Morgan fingerprint density at radius 3 is 2.86 bits per heavy atom. The fraction of sp³-hybridized carbons (Fsp3) is 0.562. The van der Waals surface area contributed by atoms with Crippen molar-refractivity contribution in [2.75, 3.05) is 38.5 Å². The monoisotopic (exact) mass is 290 g/mol. The summed E-state index contributed by atoms with van der Waals surface area (Å²) in [7, 11) is 2.16. The number of amides is 1. The Morgan fingerprint density at radius 2 is 2.14 bits per heavy atom. The van der Waals surface area contributed by atoms with Crippen LogP contribution >= 0.6 is 0 Å². The molecule has 0 aromatic heterocycles. The molecule has 1 aromatic rings. The molecule has 0 spiro atoms. The van der Waals surface area contributed by atoms with Crippen LogP contribution < -0.4 is 11.1 Å². The van der Waals surface area contributed by atoms with E-state index in [0.717, 1.165) is 37.3 Å². The minimum Gasteiger partial charge on any atom is -0.326 e. The maximum Gasteiger partial charge on any atom is 0.238 e. The van der Waals surface area contributed by atoms with Crippen molar-refractivity contribution in [1.29, 1.82) is 0 Å². The Bertz CT molecular complexity index is 477. The molecular weight excluding hydrogens is 264 g/mol. The Labute approximate surface area is 127 Å². The third-order valence-electron chi connectivity index (χ3n) is 4.21. The Balaban J connectivity index is 1.90. The van der Waals surface area contributed by atoms with Gasteiger partial charge in [0.2, 0.25) is 5.91 Å². The van der Waals surface area contributed by atoms with Gasteiger partial charge < -0.3 is 16.0 Å². The highest BCUT2D eigenvalue weighted by molar-refractivity contribution is 5.93. The first kappa shape index (κ1) is 15.9. The molecule has 1 aromatic carbocycles. The van der Waals surface area contributed by atoms with Crippen LogP contribution in [-0.2, 0) is 11.3 Å². The van der Waals surface area contributed by atoms with E-state index in [0.29, 0.717) is 19.1 Å². The smallest absolute Gasteiger partial charge is 0.238 e. The molecule has 5 heteroatoms. The van der Waals surface area contributed by atoms with E-state index in [1.54, 1.807) is 0 Å². The quantitative estimate of drug-likeness (QED) is 0.853. The van der Waals surface area contributed by atoms with Crippen molar-refractivity contribution in [1.82, 2.24) is 9.80 Å². The number of piperazine rings is 1. The number of hydrogen-bond donors (Lipinski definition) is 2. The van der Waals surface area contributed by atoms with Crippen LogP contribution in [-0.4, -0.2) is 55.0 Å². The van der Waals surface area contributed by atoms with Crippen molar-refractivity contribution < 1.29 is 4.79 Å². The average molecular weight is 290 g/mol. The van der Waals surface area contributed by atoms with Crippen molar-refractivity contribution in [3.05, 3.63) is 29.8 Å². The SMILES string of the molecule is CCC1CN(CC(=O)Nc2ccccc2CN)CCN1C. The van der Waals surface area contributed by atoms with Gasteiger partial charge in [0.1, 0.15) is 0 Å². The molecule has 0 aliphatic carbocycles. The van der Waals surface area contributed by atoms with E-state index in [4.69, 9.17) is 5.73 Å². The number of anilines is 1. The fourth-order valence-corrected chi connectivity index (χ4v) is 2.81. The number of hydrogen-bond acceptors (Lipinski definition) is 4. The number of para-hydroxylation sites is 1. The molecule has 1 fully saturated rings. The summed E-state index contributed by atoms with van der Waals surface area (Å²) in [5.74, 6) is 0.0373. The van der Waals surface area contributed by atoms with Gasteiger partial charge in [-0.05, 0) is 25.1 Å². The summed E-state index contributed by atoms with van der Waals surface area (Å²) >= 11 is 0. The average Bonchev–Trinajstić information content (AvgIpc) is 2.49. The molecule has 21 heavy (non-hydrogen) atoms. The first-order valence-electron chi connectivity index (χ1n) is 7.64. The van der Waals surface area contributed by atoms with Crippen molar-refractivity contribution in [2.24, 2.45) is 5.73 Å². The first-order valence-corrected chi connectivity index (χ1v) is 7.64. The van der Waals surface area contributed by atoms with Crippen LogP contribution in [0, 0.1) is 0 Å². The molecule has 0 saturated carbocycles. The normalized spacial score (nSPS) is 20.4. The van der Waals surface area contributed by atoms with E-state index in [2.05, 4.69) is 29.1 Å². The topological polar surface area (TPSA) is 61.6 Å². The van der Waals surface area contributed by atoms with Crippen LogP contribution in [0.3, 0.4) is 0 Å². The summed E-state index contributed by atoms with van der Waals surface area (Å²) in [6.07, 6.45) is 1.12. The van der Waals surface area contributed by atoms with E-state index in [9.17, 15) is 4.79 Å². The van der Waals surface area contributed by atoms with Gasteiger partial charge in [-0.3, -0.25) is 9.69 Å². The summed E-state index contributed by atoms with van der Waals surface area (Å²) in [6.45, 7) is 6.00. The minimum atomic E-state index is 0.0373. The van der Waals surface area contributed by atoms with Gasteiger partial charge in [0.25, 0.3) is 0 Å². The van der Waals surface area contributed by atoms with Crippen LogP contribution in [0.4, 0.5) is 5.69 Å². The van der Waals surface area contributed by atoms with Crippen molar-refractivity contribution in [2.45, 2.75) is 25.9 Å². The van der Waals surface area contributed by atoms with Crippen LogP contribution in [0.15, 0.2) is 24.3 Å². The van der Waals surface area contributed by atoms with Crippen LogP contribution in [0.2, 0.25) is 0 Å². The van der Waals surface area contributed by atoms with Gasteiger partial charge in [-0.2, -0.15) is 0 Å². The van der Waals surface area contributed by atoms with Gasteiger partial charge >= 0.3 is 0 Å². The molecule has 116 valence electrons. The number of nitrogens with one attached hydrogen (secondary N) is 1. The largest absolute Gasteiger partial charge is 0.326 e. The van der Waals surface area contributed by atoms with E-state index < -0.39 is 0 Å². The molecule has 1 amide bonds. The Morgan fingerprint density at radius 1 is 1.38 bits per heavy atom. The third-order valence-corrected chi connectivity index (χ3v) is 4.21. The molecule has 1 aliphatic rings. The second-order valence-electron chi connectivity index (χ2n) is 5.69. The molecule has 1 unspecified atom stereocenters. The number of carbonyl (C=O) groups excluding carboxylic acids is 1. The zero-order valence-electron chi connectivity index (χ0n) is 13.0. The number of nitrogens with two attached hydrogens (primary N) is 1. The summed E-state index contributed by atoms with van der Waals surface area (Å²) < 4.78 is 0. The number of carbonyl (C=O) groups is 1. The van der Waals surface area contributed by atoms with E-state index in [-0.39, 0.29) is 5.91 Å². The zero-order chi connectivity index (χ0) is 15.2. The summed E-state index contributed by atoms with van der Waals surface area (Å²) in [5, 5.41) is 2.98. The maximum atomic E-state index is 12.2. The van der Waals surface area contributed by atoms with Crippen molar-refractivity contribution in [3.63, 3.8) is 0 Å². The lowest BCUT2D eigenvalue weighted by atomic mass is 10.1. The molecule has 5 nitrogen and oxygen atoms in total. The number of rotatable bonds is 5.